The summed E-state index contributed by atoms with van der Waals surface area (Å²) in [5, 5.41) is 12.4. The first-order valence-corrected chi connectivity index (χ1v) is 8.04. The Morgan fingerprint density at radius 2 is 1.96 bits per heavy atom. The SMILES string of the molecule is CN(C)C(=O)C[C@@H]1C=C[C@H](NC(=O)C2CCOCC2)[C@H](CO)O1. The van der Waals surface area contributed by atoms with Crippen molar-refractivity contribution in [1.82, 2.24) is 10.2 Å². The van der Waals surface area contributed by atoms with Gasteiger partial charge in [0.15, 0.2) is 0 Å². The van der Waals surface area contributed by atoms with Crippen molar-refractivity contribution in [2.24, 2.45) is 5.92 Å². The van der Waals surface area contributed by atoms with Gasteiger partial charge in [0.1, 0.15) is 6.10 Å². The zero-order valence-electron chi connectivity index (χ0n) is 13.7. The normalized spacial score (nSPS) is 28.4. The van der Waals surface area contributed by atoms with Crippen LogP contribution < -0.4 is 5.32 Å². The highest BCUT2D eigenvalue weighted by atomic mass is 16.5. The largest absolute Gasteiger partial charge is 0.394 e. The van der Waals surface area contributed by atoms with Gasteiger partial charge < -0.3 is 24.8 Å². The van der Waals surface area contributed by atoms with Crippen LogP contribution in [0.15, 0.2) is 12.2 Å². The van der Waals surface area contributed by atoms with E-state index in [1.807, 2.05) is 6.08 Å². The predicted octanol–water partition coefficient (Wildman–Crippen LogP) is -0.308. The summed E-state index contributed by atoms with van der Waals surface area (Å²) in [5.74, 6) is -0.126. The molecule has 0 aromatic carbocycles. The van der Waals surface area contributed by atoms with Crippen molar-refractivity contribution >= 4 is 11.8 Å². The van der Waals surface area contributed by atoms with E-state index in [1.165, 1.54) is 4.90 Å². The second-order valence-electron chi connectivity index (χ2n) is 6.19. The molecular weight excluding hydrogens is 300 g/mol. The van der Waals surface area contributed by atoms with Crippen LogP contribution in [-0.4, -0.2) is 74.0 Å². The van der Waals surface area contributed by atoms with Crippen molar-refractivity contribution in [3.05, 3.63) is 12.2 Å². The average molecular weight is 326 g/mol. The molecule has 2 amide bonds. The van der Waals surface area contributed by atoms with Crippen LogP contribution in [0, 0.1) is 5.92 Å². The van der Waals surface area contributed by atoms with Crippen molar-refractivity contribution in [1.29, 1.82) is 0 Å². The molecule has 0 radical (unpaired) electrons. The Balaban J connectivity index is 1.91. The van der Waals surface area contributed by atoms with Gasteiger partial charge >= 0.3 is 0 Å². The minimum Gasteiger partial charge on any atom is -0.394 e. The molecule has 2 N–H and O–H groups in total. The van der Waals surface area contributed by atoms with Gasteiger partial charge in [0.05, 0.1) is 25.2 Å². The fourth-order valence-electron chi connectivity index (χ4n) is 2.73. The number of hydrogen-bond acceptors (Lipinski definition) is 5. The minimum absolute atomic E-state index is 0.0344. The first-order chi connectivity index (χ1) is 11.0. The van der Waals surface area contributed by atoms with E-state index in [9.17, 15) is 14.7 Å². The molecule has 0 spiro atoms. The van der Waals surface area contributed by atoms with Crippen molar-refractivity contribution in [2.45, 2.75) is 37.5 Å². The second kappa shape index (κ2) is 8.42. The lowest BCUT2D eigenvalue weighted by Gasteiger charge is -2.33. The maximum absolute atomic E-state index is 12.3. The van der Waals surface area contributed by atoms with Gasteiger partial charge in [-0.25, -0.2) is 0 Å². The third-order valence-electron chi connectivity index (χ3n) is 4.24. The number of aliphatic hydroxyl groups is 1. The van der Waals surface area contributed by atoms with Crippen LogP contribution >= 0.6 is 0 Å². The second-order valence-corrected chi connectivity index (χ2v) is 6.19. The van der Waals surface area contributed by atoms with E-state index in [1.54, 1.807) is 20.2 Å². The number of hydrogen-bond donors (Lipinski definition) is 2. The fraction of sp³-hybridized carbons (Fsp3) is 0.750. The molecule has 0 aromatic rings. The number of nitrogens with one attached hydrogen (secondary N) is 1. The van der Waals surface area contributed by atoms with Crippen LogP contribution in [0.2, 0.25) is 0 Å². The van der Waals surface area contributed by atoms with E-state index in [2.05, 4.69) is 5.32 Å². The molecule has 2 aliphatic rings. The molecule has 2 rings (SSSR count). The summed E-state index contributed by atoms with van der Waals surface area (Å²) >= 11 is 0. The highest BCUT2D eigenvalue weighted by molar-refractivity contribution is 5.79. The number of rotatable bonds is 5. The van der Waals surface area contributed by atoms with Crippen LogP contribution in [-0.2, 0) is 19.1 Å². The van der Waals surface area contributed by atoms with Crippen molar-refractivity contribution in [2.75, 3.05) is 33.9 Å². The van der Waals surface area contributed by atoms with Crippen LogP contribution in [0.4, 0.5) is 0 Å². The first-order valence-electron chi connectivity index (χ1n) is 8.04. The number of carbonyl (C=O) groups is 2. The maximum Gasteiger partial charge on any atom is 0.224 e. The monoisotopic (exact) mass is 326 g/mol. The zero-order chi connectivity index (χ0) is 16.8. The molecule has 23 heavy (non-hydrogen) atoms. The molecule has 0 aromatic heterocycles. The van der Waals surface area contributed by atoms with E-state index in [0.29, 0.717) is 26.1 Å². The van der Waals surface area contributed by atoms with Crippen LogP contribution in [0.25, 0.3) is 0 Å². The van der Waals surface area contributed by atoms with Crippen molar-refractivity contribution in [3.63, 3.8) is 0 Å². The summed E-state index contributed by atoms with van der Waals surface area (Å²) in [7, 11) is 3.38. The van der Waals surface area contributed by atoms with E-state index >= 15 is 0 Å². The van der Waals surface area contributed by atoms with E-state index < -0.39 is 6.10 Å². The summed E-state index contributed by atoms with van der Waals surface area (Å²) in [6.45, 7) is 0.996. The van der Waals surface area contributed by atoms with Crippen LogP contribution in [0.1, 0.15) is 19.3 Å². The van der Waals surface area contributed by atoms with E-state index in [4.69, 9.17) is 9.47 Å². The third kappa shape index (κ3) is 5.02. The lowest BCUT2D eigenvalue weighted by molar-refractivity contribution is -0.135. The summed E-state index contributed by atoms with van der Waals surface area (Å²) in [5.41, 5.74) is 0. The van der Waals surface area contributed by atoms with Gasteiger partial charge in [-0.2, -0.15) is 0 Å². The Hall–Kier alpha value is -1.44. The molecule has 7 heteroatoms. The van der Waals surface area contributed by atoms with Crippen molar-refractivity contribution in [3.8, 4) is 0 Å². The molecule has 2 aliphatic heterocycles. The van der Waals surface area contributed by atoms with Gasteiger partial charge in [-0.05, 0) is 12.8 Å². The highest BCUT2D eigenvalue weighted by Crippen LogP contribution is 2.19. The summed E-state index contributed by atoms with van der Waals surface area (Å²) < 4.78 is 11.0. The standard InChI is InChI=1S/C16H26N2O5/c1-18(2)15(20)9-12-3-4-13(14(10-19)23-12)17-16(21)11-5-7-22-8-6-11/h3-4,11-14,19H,5-10H2,1-2H3,(H,17,21)/t12-,13-,14-/m0/s1. The Kier molecular flexibility index (Phi) is 6.56. The van der Waals surface area contributed by atoms with Gasteiger partial charge in [0.2, 0.25) is 11.8 Å². The topological polar surface area (TPSA) is 88.1 Å². The van der Waals surface area contributed by atoms with E-state index in [-0.39, 0.29) is 42.9 Å². The fourth-order valence-corrected chi connectivity index (χ4v) is 2.73. The number of aliphatic hydroxyl groups excluding tert-OH is 1. The lowest BCUT2D eigenvalue weighted by Crippen LogP contribution is -2.50. The molecule has 2 heterocycles. The maximum atomic E-state index is 12.3. The quantitative estimate of drug-likeness (QED) is 0.677. The Morgan fingerprint density at radius 1 is 1.26 bits per heavy atom. The molecule has 0 aliphatic carbocycles. The molecule has 0 unspecified atom stereocenters. The molecule has 130 valence electrons. The number of carbonyl (C=O) groups excluding carboxylic acids is 2. The summed E-state index contributed by atoms with van der Waals surface area (Å²) in [6, 6.07) is -0.374. The molecule has 1 fully saturated rings. The lowest BCUT2D eigenvalue weighted by atomic mass is 9.97. The summed E-state index contributed by atoms with van der Waals surface area (Å²) in [4.78, 5) is 25.5. The van der Waals surface area contributed by atoms with Crippen LogP contribution in [0.5, 0.6) is 0 Å². The van der Waals surface area contributed by atoms with Gasteiger partial charge in [-0.15, -0.1) is 0 Å². The van der Waals surface area contributed by atoms with Gasteiger partial charge in [-0.1, -0.05) is 12.2 Å². The van der Waals surface area contributed by atoms with Gasteiger partial charge in [0, 0.05) is 33.2 Å². The predicted molar refractivity (Wildman–Crippen MR) is 83.7 cm³/mol. The average Bonchev–Trinajstić information content (AvgIpc) is 2.56. The van der Waals surface area contributed by atoms with Gasteiger partial charge in [-0.3, -0.25) is 9.59 Å². The Bertz CT molecular complexity index is 446. The molecule has 7 nitrogen and oxygen atoms in total. The zero-order valence-corrected chi connectivity index (χ0v) is 13.7. The minimum atomic E-state index is -0.538. The molecule has 3 atom stereocenters. The Labute approximate surface area is 136 Å². The third-order valence-corrected chi connectivity index (χ3v) is 4.24. The summed E-state index contributed by atoms with van der Waals surface area (Å²) in [6.07, 6.45) is 4.33. The molecular formula is C16H26N2O5. The van der Waals surface area contributed by atoms with Crippen LogP contribution in [0.3, 0.4) is 0 Å². The molecule has 1 saturated heterocycles. The highest BCUT2D eigenvalue weighted by Gasteiger charge is 2.31. The smallest absolute Gasteiger partial charge is 0.224 e. The number of amides is 2. The van der Waals surface area contributed by atoms with E-state index in [0.717, 1.165) is 0 Å². The van der Waals surface area contributed by atoms with Gasteiger partial charge in [0.25, 0.3) is 0 Å². The first kappa shape index (κ1) is 17.9. The molecule has 0 saturated carbocycles. The van der Waals surface area contributed by atoms with Crippen molar-refractivity contribution < 1.29 is 24.2 Å². The Morgan fingerprint density at radius 3 is 2.57 bits per heavy atom. The molecule has 0 bridgehead atoms. The number of ether oxygens (including phenoxy) is 2. The number of nitrogens with zero attached hydrogens (tertiary/aromatic N) is 1.